The first-order chi connectivity index (χ1) is 17.1. The van der Waals surface area contributed by atoms with E-state index >= 15 is 0 Å². The fourth-order valence-corrected chi connectivity index (χ4v) is 4.25. The maximum absolute atomic E-state index is 6.10. The molecule has 0 radical (unpaired) electrons. The monoisotopic (exact) mass is 464 g/mol. The highest BCUT2D eigenvalue weighted by molar-refractivity contribution is 5.88. The van der Waals surface area contributed by atoms with E-state index < -0.39 is 0 Å². The van der Waals surface area contributed by atoms with E-state index in [0.717, 1.165) is 52.3 Å². The van der Waals surface area contributed by atoms with Gasteiger partial charge in [0.15, 0.2) is 11.5 Å². The van der Waals surface area contributed by atoms with Crippen LogP contribution in [0.3, 0.4) is 0 Å². The predicted octanol–water partition coefficient (Wildman–Crippen LogP) is 4.68. The van der Waals surface area contributed by atoms with Gasteiger partial charge in [0, 0.05) is 30.5 Å². The van der Waals surface area contributed by atoms with E-state index in [-0.39, 0.29) is 0 Å². The van der Waals surface area contributed by atoms with Crippen molar-refractivity contribution in [2.24, 2.45) is 0 Å². The molecule has 0 amide bonds. The van der Waals surface area contributed by atoms with E-state index in [2.05, 4.69) is 43.7 Å². The van der Waals surface area contributed by atoms with Crippen molar-refractivity contribution in [3.8, 4) is 11.5 Å². The van der Waals surface area contributed by atoms with E-state index in [1.165, 1.54) is 11.9 Å². The molecule has 4 aromatic heterocycles. The van der Waals surface area contributed by atoms with Crippen LogP contribution in [0.1, 0.15) is 24.6 Å². The normalized spacial score (nSPS) is 15.8. The third kappa shape index (κ3) is 4.29. The molecule has 1 aliphatic heterocycles. The predicted molar refractivity (Wildman–Crippen MR) is 135 cm³/mol. The lowest BCUT2D eigenvalue weighted by molar-refractivity contribution is 0.478. The molecule has 174 valence electrons. The highest BCUT2D eigenvalue weighted by atomic mass is 16.5. The molecule has 9 heteroatoms. The number of nitrogens with one attached hydrogen (secondary N) is 2. The molecule has 1 aliphatic rings. The van der Waals surface area contributed by atoms with E-state index in [4.69, 9.17) is 9.72 Å². The van der Waals surface area contributed by atoms with E-state index in [0.29, 0.717) is 17.6 Å². The van der Waals surface area contributed by atoms with Crippen molar-refractivity contribution >= 4 is 33.8 Å². The van der Waals surface area contributed by atoms with Crippen LogP contribution in [-0.4, -0.2) is 42.1 Å². The second kappa shape index (κ2) is 8.77. The number of nitrogens with zero attached hydrogens (tertiary/aromatic N) is 6. The highest BCUT2D eigenvalue weighted by Crippen LogP contribution is 2.30. The van der Waals surface area contributed by atoms with Gasteiger partial charge in [0.2, 0.25) is 0 Å². The van der Waals surface area contributed by atoms with Gasteiger partial charge in [-0.25, -0.2) is 24.5 Å². The zero-order valence-corrected chi connectivity index (χ0v) is 19.4. The summed E-state index contributed by atoms with van der Waals surface area (Å²) in [6.45, 7) is 5.05. The second-order valence-electron chi connectivity index (χ2n) is 8.66. The molecule has 5 heterocycles. The van der Waals surface area contributed by atoms with Crippen molar-refractivity contribution in [2.45, 2.75) is 26.3 Å². The minimum Gasteiger partial charge on any atom is -0.457 e. The number of ether oxygens (including phenoxy) is 1. The summed E-state index contributed by atoms with van der Waals surface area (Å²) in [5.41, 5.74) is 6.37. The number of aryl methyl sites for hydroxylation is 1. The minimum atomic E-state index is 0.430. The molecule has 6 rings (SSSR count). The zero-order valence-electron chi connectivity index (χ0n) is 19.4. The molecule has 0 saturated carbocycles. The van der Waals surface area contributed by atoms with Gasteiger partial charge in [-0.15, -0.1) is 0 Å². The maximum Gasteiger partial charge on any atom is 0.160 e. The molecule has 9 nitrogen and oxygen atoms in total. The minimum absolute atomic E-state index is 0.430. The standard InChI is InChI=1S/C26H24N8O/c1-16-11-19(3-6-23(16)35-20-8-10-34-24(13-20)29-15-31-34)32-26-25-22(28-14-30-26)5-4-21(33-25)18-7-9-27-17(2)12-18/h3-8,10-11,13-15,17,27H,9,12H2,1-2H3,(H,28,30,32)/t17-/m1/s1. The third-order valence-corrected chi connectivity index (χ3v) is 6.07. The zero-order chi connectivity index (χ0) is 23.8. The Balaban J connectivity index is 1.27. The topological polar surface area (TPSA) is 102 Å². The van der Waals surface area contributed by atoms with Crippen LogP contribution in [0.15, 0.2) is 67.4 Å². The van der Waals surface area contributed by atoms with Crippen molar-refractivity contribution in [2.75, 3.05) is 11.9 Å². The largest absolute Gasteiger partial charge is 0.457 e. The molecule has 0 fully saturated rings. The molecule has 0 saturated heterocycles. The van der Waals surface area contributed by atoms with Gasteiger partial charge < -0.3 is 15.4 Å². The van der Waals surface area contributed by atoms with Crippen molar-refractivity contribution in [1.29, 1.82) is 0 Å². The molecule has 0 aliphatic carbocycles. The molecule has 1 atom stereocenters. The van der Waals surface area contributed by atoms with Crippen molar-refractivity contribution in [3.05, 3.63) is 78.6 Å². The Morgan fingerprint density at radius 2 is 2.00 bits per heavy atom. The number of benzene rings is 1. The Morgan fingerprint density at radius 1 is 1.06 bits per heavy atom. The van der Waals surface area contributed by atoms with Crippen LogP contribution >= 0.6 is 0 Å². The van der Waals surface area contributed by atoms with Gasteiger partial charge in [-0.05, 0) is 67.8 Å². The lowest BCUT2D eigenvalue weighted by Crippen LogP contribution is -2.30. The SMILES string of the molecule is Cc1cc(Nc2ncnc3ccc(C4=CCN[C@H](C)C4)nc23)ccc1Oc1ccn2ncnc2c1. The van der Waals surface area contributed by atoms with Crippen LogP contribution in [0.25, 0.3) is 22.3 Å². The lowest BCUT2D eigenvalue weighted by Gasteiger charge is -2.20. The molecule has 2 N–H and O–H groups in total. The quantitative estimate of drug-likeness (QED) is 0.387. The van der Waals surface area contributed by atoms with Crippen molar-refractivity contribution in [3.63, 3.8) is 0 Å². The number of anilines is 2. The van der Waals surface area contributed by atoms with Gasteiger partial charge in [0.1, 0.15) is 29.7 Å². The Morgan fingerprint density at radius 3 is 2.89 bits per heavy atom. The summed E-state index contributed by atoms with van der Waals surface area (Å²) in [6, 6.07) is 14.1. The molecule has 0 unspecified atom stereocenters. The first-order valence-corrected chi connectivity index (χ1v) is 11.5. The molecule has 35 heavy (non-hydrogen) atoms. The Labute approximate surface area is 201 Å². The lowest BCUT2D eigenvalue weighted by atomic mass is 10.00. The van der Waals surface area contributed by atoms with Crippen LogP contribution < -0.4 is 15.4 Å². The number of hydrogen-bond acceptors (Lipinski definition) is 8. The first-order valence-electron chi connectivity index (χ1n) is 11.5. The average molecular weight is 465 g/mol. The molecular formula is C26H24N8O. The molecular weight excluding hydrogens is 440 g/mol. The third-order valence-electron chi connectivity index (χ3n) is 6.07. The number of rotatable bonds is 5. The molecule has 1 aromatic carbocycles. The summed E-state index contributed by atoms with van der Waals surface area (Å²) in [4.78, 5) is 18.0. The number of aromatic nitrogens is 6. The van der Waals surface area contributed by atoms with E-state index in [1.54, 1.807) is 10.8 Å². The summed E-state index contributed by atoms with van der Waals surface area (Å²) in [5, 5.41) is 11.0. The van der Waals surface area contributed by atoms with Gasteiger partial charge in [-0.1, -0.05) is 6.08 Å². The number of fused-ring (bicyclic) bond motifs is 2. The summed E-state index contributed by atoms with van der Waals surface area (Å²) >= 11 is 0. The summed E-state index contributed by atoms with van der Waals surface area (Å²) < 4.78 is 7.79. The van der Waals surface area contributed by atoms with Gasteiger partial charge in [0.25, 0.3) is 0 Å². The Bertz CT molecular complexity index is 1570. The maximum atomic E-state index is 6.10. The van der Waals surface area contributed by atoms with Crippen LogP contribution in [0.5, 0.6) is 11.5 Å². The van der Waals surface area contributed by atoms with Crippen LogP contribution in [0.2, 0.25) is 0 Å². The summed E-state index contributed by atoms with van der Waals surface area (Å²) in [5.74, 6) is 2.14. The molecule has 5 aromatic rings. The van der Waals surface area contributed by atoms with Crippen LogP contribution in [0, 0.1) is 6.92 Å². The fraction of sp³-hybridized carbons (Fsp3) is 0.192. The van der Waals surface area contributed by atoms with Crippen molar-refractivity contribution in [1.82, 2.24) is 34.9 Å². The van der Waals surface area contributed by atoms with Gasteiger partial charge in [-0.3, -0.25) is 0 Å². The Kier molecular flexibility index (Phi) is 5.31. The smallest absolute Gasteiger partial charge is 0.160 e. The van der Waals surface area contributed by atoms with E-state index in [1.807, 2.05) is 55.6 Å². The fourth-order valence-electron chi connectivity index (χ4n) is 4.25. The number of pyridine rings is 2. The molecule has 0 bridgehead atoms. The van der Waals surface area contributed by atoms with Gasteiger partial charge >= 0.3 is 0 Å². The van der Waals surface area contributed by atoms with Crippen LogP contribution in [-0.2, 0) is 0 Å². The number of hydrogen-bond donors (Lipinski definition) is 2. The van der Waals surface area contributed by atoms with Crippen LogP contribution in [0.4, 0.5) is 11.5 Å². The molecule has 0 spiro atoms. The van der Waals surface area contributed by atoms with Gasteiger partial charge in [0.05, 0.1) is 11.2 Å². The van der Waals surface area contributed by atoms with Gasteiger partial charge in [-0.2, -0.15) is 5.10 Å². The summed E-state index contributed by atoms with van der Waals surface area (Å²) in [7, 11) is 0. The first kappa shape index (κ1) is 21.2. The summed E-state index contributed by atoms with van der Waals surface area (Å²) in [6.07, 6.45) is 8.05. The average Bonchev–Trinajstić information content (AvgIpc) is 3.34. The Hall–Kier alpha value is -4.37. The van der Waals surface area contributed by atoms with E-state index in [9.17, 15) is 0 Å². The highest BCUT2D eigenvalue weighted by Gasteiger charge is 2.15. The van der Waals surface area contributed by atoms with Crippen molar-refractivity contribution < 1.29 is 4.74 Å². The second-order valence-corrected chi connectivity index (χ2v) is 8.66.